The third-order valence-corrected chi connectivity index (χ3v) is 12.3. The molecule has 3 heteroatoms. The van der Waals surface area contributed by atoms with Gasteiger partial charge in [-0.1, -0.05) is 59.3 Å². The Balaban J connectivity index is 1.46. The van der Waals surface area contributed by atoms with Gasteiger partial charge in [0.25, 0.3) is 0 Å². The standard InChI is InChI=1S/C30H46O3/c1-18-8-10-23(33-26(18)32)19(2)20-12-16-30(7)22-9-11-24-27(3,4)25(31)14-15-28(24,5)21(22)13-17-29(20,30)6/h8,13,19-20,22-25,31H,9-12,14-17H2,1-7H3/t19?,20-,22+,23-,24-,25?,28+,29+,30-/m0/s1. The van der Waals surface area contributed by atoms with Gasteiger partial charge in [0.15, 0.2) is 0 Å². The highest BCUT2D eigenvalue weighted by molar-refractivity contribution is 5.88. The Labute approximate surface area is 201 Å². The summed E-state index contributed by atoms with van der Waals surface area (Å²) < 4.78 is 5.91. The Morgan fingerprint density at radius 2 is 1.73 bits per heavy atom. The summed E-state index contributed by atoms with van der Waals surface area (Å²) in [6.07, 6.45) is 13.7. The molecular formula is C30H46O3. The molecule has 5 rings (SSSR count). The Hall–Kier alpha value is -1.09. The van der Waals surface area contributed by atoms with Crippen molar-refractivity contribution in [1.82, 2.24) is 0 Å². The zero-order valence-corrected chi connectivity index (χ0v) is 22.0. The maximum absolute atomic E-state index is 12.3. The second kappa shape index (κ2) is 7.45. The van der Waals surface area contributed by atoms with Crippen LogP contribution in [-0.2, 0) is 9.53 Å². The van der Waals surface area contributed by atoms with E-state index in [0.29, 0.717) is 29.1 Å². The van der Waals surface area contributed by atoms with Gasteiger partial charge in [-0.15, -0.1) is 0 Å². The highest BCUT2D eigenvalue weighted by Crippen LogP contribution is 2.73. The number of carbonyl (C=O) groups excluding carboxylic acids is 1. The van der Waals surface area contributed by atoms with Crippen molar-refractivity contribution >= 4 is 5.97 Å². The Morgan fingerprint density at radius 3 is 2.42 bits per heavy atom. The summed E-state index contributed by atoms with van der Waals surface area (Å²) in [6.45, 7) is 16.5. The average Bonchev–Trinajstić information content (AvgIpc) is 3.04. The lowest BCUT2D eigenvalue weighted by molar-refractivity contribution is -0.151. The molecule has 1 N–H and O–H groups in total. The van der Waals surface area contributed by atoms with Crippen molar-refractivity contribution in [3.05, 3.63) is 23.3 Å². The molecule has 0 saturated heterocycles. The van der Waals surface area contributed by atoms with Crippen LogP contribution in [-0.4, -0.2) is 23.3 Å². The van der Waals surface area contributed by atoms with Crippen LogP contribution in [0.4, 0.5) is 0 Å². The zero-order valence-electron chi connectivity index (χ0n) is 22.0. The Kier molecular flexibility index (Phi) is 5.34. The number of aliphatic hydroxyl groups excluding tert-OH is 1. The monoisotopic (exact) mass is 454 g/mol. The van der Waals surface area contributed by atoms with Crippen molar-refractivity contribution < 1.29 is 14.6 Å². The van der Waals surface area contributed by atoms with Crippen molar-refractivity contribution in [2.24, 2.45) is 45.3 Å². The predicted octanol–water partition coefficient (Wildman–Crippen LogP) is 6.85. The van der Waals surface area contributed by atoms with Gasteiger partial charge in [-0.05, 0) is 97.2 Å². The summed E-state index contributed by atoms with van der Waals surface area (Å²) in [5, 5.41) is 10.8. The number of hydrogen-bond donors (Lipinski definition) is 1. The maximum Gasteiger partial charge on any atom is 0.333 e. The average molecular weight is 455 g/mol. The number of ether oxygens (including phenoxy) is 1. The lowest BCUT2D eigenvalue weighted by Gasteiger charge is -2.64. The van der Waals surface area contributed by atoms with E-state index in [4.69, 9.17) is 4.74 Å². The van der Waals surface area contributed by atoms with E-state index in [0.717, 1.165) is 31.3 Å². The molecule has 1 aliphatic heterocycles. The van der Waals surface area contributed by atoms with Gasteiger partial charge < -0.3 is 9.84 Å². The van der Waals surface area contributed by atoms with Gasteiger partial charge in [0, 0.05) is 12.0 Å². The lowest BCUT2D eigenvalue weighted by Crippen LogP contribution is -2.57. The molecule has 3 nitrogen and oxygen atoms in total. The summed E-state index contributed by atoms with van der Waals surface area (Å²) in [5.41, 5.74) is 3.25. The highest BCUT2D eigenvalue weighted by atomic mass is 16.5. The largest absolute Gasteiger partial charge is 0.458 e. The lowest BCUT2D eigenvalue weighted by atomic mass is 9.41. The van der Waals surface area contributed by atoms with Gasteiger partial charge in [-0.25, -0.2) is 4.79 Å². The maximum atomic E-state index is 12.3. The quantitative estimate of drug-likeness (QED) is 0.366. The minimum atomic E-state index is -0.176. The molecule has 5 aliphatic rings. The Bertz CT molecular complexity index is 898. The topological polar surface area (TPSA) is 46.5 Å². The molecule has 0 aromatic rings. The number of allylic oxidation sites excluding steroid dienone is 2. The van der Waals surface area contributed by atoms with Gasteiger partial charge in [-0.3, -0.25) is 0 Å². The second-order valence-corrected chi connectivity index (χ2v) is 13.7. The minimum Gasteiger partial charge on any atom is -0.458 e. The fourth-order valence-electron chi connectivity index (χ4n) is 9.84. The summed E-state index contributed by atoms with van der Waals surface area (Å²) in [7, 11) is 0. The molecule has 0 spiro atoms. The van der Waals surface area contributed by atoms with Crippen LogP contribution < -0.4 is 0 Å². The van der Waals surface area contributed by atoms with Crippen molar-refractivity contribution in [3.8, 4) is 0 Å². The first-order valence-electron chi connectivity index (χ1n) is 13.6. The number of aliphatic hydroxyl groups is 1. The molecule has 0 amide bonds. The third kappa shape index (κ3) is 3.06. The van der Waals surface area contributed by atoms with Crippen LogP contribution in [0.25, 0.3) is 0 Å². The molecule has 9 atom stereocenters. The first kappa shape index (κ1) is 23.6. The number of fused-ring (bicyclic) bond motifs is 5. The van der Waals surface area contributed by atoms with Crippen molar-refractivity contribution in [2.45, 2.75) is 112 Å². The van der Waals surface area contributed by atoms with Crippen LogP contribution in [0, 0.1) is 45.3 Å². The van der Waals surface area contributed by atoms with E-state index in [1.54, 1.807) is 5.57 Å². The van der Waals surface area contributed by atoms with Crippen LogP contribution >= 0.6 is 0 Å². The van der Waals surface area contributed by atoms with Gasteiger partial charge in [0.2, 0.25) is 0 Å². The van der Waals surface area contributed by atoms with E-state index in [2.05, 4.69) is 53.7 Å². The molecule has 3 saturated carbocycles. The SMILES string of the molecule is CC1=CC[C@@H](C(C)[C@@H]2CC[C@@]3(C)[C@@H]4CC[C@H]5C(C)(C)C(O)CC[C@]5(C)C4=CC[C@]23C)OC1=O. The number of cyclic esters (lactones) is 1. The second-order valence-electron chi connectivity index (χ2n) is 13.7. The fourth-order valence-corrected chi connectivity index (χ4v) is 9.84. The molecule has 0 aromatic carbocycles. The fraction of sp³-hybridized carbons (Fsp3) is 0.833. The first-order chi connectivity index (χ1) is 15.4. The van der Waals surface area contributed by atoms with Gasteiger partial charge in [-0.2, -0.15) is 0 Å². The van der Waals surface area contributed by atoms with Crippen LogP contribution in [0.3, 0.4) is 0 Å². The Morgan fingerprint density at radius 1 is 1.00 bits per heavy atom. The summed E-state index contributed by atoms with van der Waals surface area (Å²) in [6, 6.07) is 0. The number of hydrogen-bond acceptors (Lipinski definition) is 3. The summed E-state index contributed by atoms with van der Waals surface area (Å²) in [4.78, 5) is 12.3. The molecule has 184 valence electrons. The molecule has 0 bridgehead atoms. The van der Waals surface area contributed by atoms with Gasteiger partial charge >= 0.3 is 5.97 Å². The molecule has 4 aliphatic carbocycles. The van der Waals surface area contributed by atoms with Gasteiger partial charge in [0.1, 0.15) is 6.10 Å². The predicted molar refractivity (Wildman–Crippen MR) is 132 cm³/mol. The molecular weight excluding hydrogens is 408 g/mol. The third-order valence-electron chi connectivity index (χ3n) is 12.3. The van der Waals surface area contributed by atoms with Crippen molar-refractivity contribution in [3.63, 3.8) is 0 Å². The van der Waals surface area contributed by atoms with Gasteiger partial charge in [0.05, 0.1) is 6.10 Å². The minimum absolute atomic E-state index is 0.0102. The highest BCUT2D eigenvalue weighted by Gasteiger charge is 2.65. The number of carbonyl (C=O) groups is 1. The molecule has 0 radical (unpaired) electrons. The molecule has 3 fully saturated rings. The van der Waals surface area contributed by atoms with E-state index in [-0.39, 0.29) is 34.4 Å². The zero-order chi connectivity index (χ0) is 24.0. The molecule has 1 heterocycles. The van der Waals surface area contributed by atoms with Crippen molar-refractivity contribution in [1.29, 1.82) is 0 Å². The summed E-state index contributed by atoms with van der Waals surface area (Å²) in [5.74, 6) is 2.06. The van der Waals surface area contributed by atoms with E-state index in [9.17, 15) is 9.90 Å². The molecule has 0 aromatic heterocycles. The van der Waals surface area contributed by atoms with E-state index >= 15 is 0 Å². The first-order valence-corrected chi connectivity index (χ1v) is 13.6. The van der Waals surface area contributed by atoms with E-state index in [1.165, 1.54) is 25.7 Å². The number of esters is 1. The van der Waals surface area contributed by atoms with E-state index in [1.807, 2.05) is 6.92 Å². The van der Waals surface area contributed by atoms with Crippen LogP contribution in [0.15, 0.2) is 23.3 Å². The smallest absolute Gasteiger partial charge is 0.333 e. The van der Waals surface area contributed by atoms with Crippen LogP contribution in [0.2, 0.25) is 0 Å². The number of rotatable bonds is 2. The summed E-state index contributed by atoms with van der Waals surface area (Å²) >= 11 is 0. The molecule has 33 heavy (non-hydrogen) atoms. The molecule has 2 unspecified atom stereocenters. The van der Waals surface area contributed by atoms with Crippen molar-refractivity contribution in [2.75, 3.05) is 0 Å². The van der Waals surface area contributed by atoms with Crippen LogP contribution in [0.5, 0.6) is 0 Å². The van der Waals surface area contributed by atoms with Crippen LogP contribution in [0.1, 0.15) is 99.8 Å². The normalized spacial score (nSPS) is 49.7. The van der Waals surface area contributed by atoms with E-state index < -0.39 is 0 Å².